The Bertz CT molecular complexity index is 1200. The predicted molar refractivity (Wildman–Crippen MR) is 130 cm³/mol. The van der Waals surface area contributed by atoms with Crippen molar-refractivity contribution in [2.45, 2.75) is 52.6 Å². The number of piperidine rings is 1. The summed E-state index contributed by atoms with van der Waals surface area (Å²) < 4.78 is 13.2. The van der Waals surface area contributed by atoms with Gasteiger partial charge in [-0.2, -0.15) is 10.4 Å². The highest BCUT2D eigenvalue weighted by Crippen LogP contribution is 2.33. The zero-order valence-electron chi connectivity index (χ0n) is 20.2. The summed E-state index contributed by atoms with van der Waals surface area (Å²) in [7, 11) is 0. The first-order valence-electron chi connectivity index (χ1n) is 11.8. The van der Waals surface area contributed by atoms with E-state index in [9.17, 15) is 10.1 Å². The van der Waals surface area contributed by atoms with E-state index in [4.69, 9.17) is 14.5 Å². The lowest BCUT2D eigenvalue weighted by Crippen LogP contribution is -2.45. The van der Waals surface area contributed by atoms with Crippen LogP contribution in [0.15, 0.2) is 36.8 Å². The number of pyridine rings is 2. The minimum absolute atomic E-state index is 0.120. The van der Waals surface area contributed by atoms with Crippen LogP contribution < -0.4 is 9.64 Å². The second-order valence-corrected chi connectivity index (χ2v) is 9.40. The minimum atomic E-state index is -0.427. The number of carbonyl (C=O) groups excluding carboxylic acids is 1. The van der Waals surface area contributed by atoms with Gasteiger partial charge in [-0.25, -0.2) is 9.50 Å². The van der Waals surface area contributed by atoms with Crippen molar-refractivity contribution in [1.82, 2.24) is 14.6 Å². The quantitative estimate of drug-likeness (QED) is 0.474. The number of ether oxygens (including phenoxy) is 2. The number of aromatic nitrogens is 3. The van der Waals surface area contributed by atoms with Gasteiger partial charge in [0, 0.05) is 49.7 Å². The molecule has 1 fully saturated rings. The second kappa shape index (κ2) is 9.72. The van der Waals surface area contributed by atoms with Gasteiger partial charge in [-0.05, 0) is 38.0 Å². The molecular weight excluding hydrogens is 430 g/mol. The number of rotatable bonds is 7. The normalized spacial score (nSPS) is 15.4. The Morgan fingerprint density at radius 3 is 2.65 bits per heavy atom. The van der Waals surface area contributed by atoms with Gasteiger partial charge in [-0.15, -0.1) is 0 Å². The van der Waals surface area contributed by atoms with Crippen LogP contribution in [0.25, 0.3) is 16.6 Å². The Hall–Kier alpha value is -3.60. The number of hydrogen-bond acceptors (Lipinski definition) is 7. The maximum Gasteiger partial charge on any atom is 0.306 e. The highest BCUT2D eigenvalue weighted by Gasteiger charge is 2.34. The molecule has 0 aliphatic carbocycles. The van der Waals surface area contributed by atoms with Crippen molar-refractivity contribution in [3.8, 4) is 22.9 Å². The van der Waals surface area contributed by atoms with Gasteiger partial charge in [0.25, 0.3) is 0 Å². The number of nitrogens with zero attached hydrogens (tertiary/aromatic N) is 5. The van der Waals surface area contributed by atoms with E-state index in [1.807, 2.05) is 52.1 Å². The zero-order valence-corrected chi connectivity index (χ0v) is 20.2. The topological polar surface area (TPSA) is 92.8 Å². The molecule has 0 amide bonds. The molecule has 1 aliphatic rings. The van der Waals surface area contributed by atoms with Gasteiger partial charge in [-0.1, -0.05) is 13.8 Å². The van der Waals surface area contributed by atoms with Crippen molar-refractivity contribution in [2.75, 3.05) is 24.6 Å². The van der Waals surface area contributed by atoms with Crippen molar-refractivity contribution in [3.63, 3.8) is 0 Å². The molecule has 0 N–H and O–H groups in total. The van der Waals surface area contributed by atoms with E-state index in [2.05, 4.69) is 16.1 Å². The van der Waals surface area contributed by atoms with E-state index in [0.717, 1.165) is 48.4 Å². The lowest BCUT2D eigenvalue weighted by molar-refractivity contribution is -0.160. The smallest absolute Gasteiger partial charge is 0.306 e. The van der Waals surface area contributed by atoms with Gasteiger partial charge >= 0.3 is 5.97 Å². The van der Waals surface area contributed by atoms with E-state index in [1.54, 1.807) is 16.9 Å². The molecular formula is C26H31N5O3. The first kappa shape index (κ1) is 23.6. The zero-order chi connectivity index (χ0) is 24.3. The van der Waals surface area contributed by atoms with Gasteiger partial charge < -0.3 is 14.4 Å². The Labute approximate surface area is 200 Å². The fourth-order valence-corrected chi connectivity index (χ4v) is 4.34. The van der Waals surface area contributed by atoms with Crippen LogP contribution in [0.4, 0.5) is 5.82 Å². The van der Waals surface area contributed by atoms with Gasteiger partial charge in [0.15, 0.2) is 0 Å². The second-order valence-electron chi connectivity index (χ2n) is 9.40. The van der Waals surface area contributed by atoms with E-state index in [-0.39, 0.29) is 5.97 Å². The molecule has 4 heterocycles. The summed E-state index contributed by atoms with van der Waals surface area (Å²) in [6, 6.07) is 8.15. The van der Waals surface area contributed by atoms with Crippen LogP contribution in [0, 0.1) is 17.2 Å². The van der Waals surface area contributed by atoms with E-state index < -0.39 is 5.60 Å². The van der Waals surface area contributed by atoms with Crippen LogP contribution in [0.3, 0.4) is 0 Å². The predicted octanol–water partition coefficient (Wildman–Crippen LogP) is 4.61. The largest absolute Gasteiger partial charge is 0.492 e. The fourth-order valence-electron chi connectivity index (χ4n) is 4.34. The first-order valence-corrected chi connectivity index (χ1v) is 11.8. The Morgan fingerprint density at radius 2 is 2.03 bits per heavy atom. The standard InChI is InChI=1S/C26H31N5O3/c1-5-33-21-13-22(25-20(14-27)16-29-31(25)17-21)19-6-7-23(28-15-19)30-10-8-26(4,9-11-30)34-24(32)12-18(2)3/h6-7,13,15-18H,5,8-12H2,1-4H3. The first-order chi connectivity index (χ1) is 16.3. The molecule has 0 radical (unpaired) electrons. The number of hydrogen-bond donors (Lipinski definition) is 0. The van der Waals surface area contributed by atoms with Crippen LogP contribution in [0.2, 0.25) is 0 Å². The third kappa shape index (κ3) is 4.98. The number of esters is 1. The SMILES string of the molecule is CCOc1cc(-c2ccc(N3CCC(C)(OC(=O)CC(C)C)CC3)nc2)c2c(C#N)cnn2c1. The molecule has 178 valence electrons. The average molecular weight is 462 g/mol. The molecule has 0 bridgehead atoms. The van der Waals surface area contributed by atoms with Crippen molar-refractivity contribution >= 4 is 17.3 Å². The fraction of sp³-hybridized carbons (Fsp3) is 0.462. The number of carbonyl (C=O) groups is 1. The molecule has 0 aromatic carbocycles. The number of nitriles is 1. The van der Waals surface area contributed by atoms with Crippen LogP contribution in [-0.4, -0.2) is 45.9 Å². The number of fused-ring (bicyclic) bond motifs is 1. The molecule has 0 saturated carbocycles. The Balaban J connectivity index is 1.51. The van der Waals surface area contributed by atoms with Crippen molar-refractivity contribution in [1.29, 1.82) is 5.26 Å². The molecule has 34 heavy (non-hydrogen) atoms. The monoisotopic (exact) mass is 461 g/mol. The molecule has 0 spiro atoms. The van der Waals surface area contributed by atoms with E-state index >= 15 is 0 Å². The molecule has 3 aromatic heterocycles. The van der Waals surface area contributed by atoms with Crippen LogP contribution in [0.5, 0.6) is 5.75 Å². The van der Waals surface area contributed by atoms with Gasteiger partial charge in [0.05, 0.1) is 30.1 Å². The third-order valence-corrected chi connectivity index (χ3v) is 6.16. The minimum Gasteiger partial charge on any atom is -0.492 e. The van der Waals surface area contributed by atoms with E-state index in [0.29, 0.717) is 30.3 Å². The third-order valence-electron chi connectivity index (χ3n) is 6.16. The molecule has 3 aromatic rings. The molecule has 1 saturated heterocycles. The molecule has 8 heteroatoms. The summed E-state index contributed by atoms with van der Waals surface area (Å²) in [4.78, 5) is 19.1. The summed E-state index contributed by atoms with van der Waals surface area (Å²) in [5.74, 6) is 1.74. The average Bonchev–Trinajstić information content (AvgIpc) is 3.22. The van der Waals surface area contributed by atoms with Crippen molar-refractivity contribution < 1.29 is 14.3 Å². The summed E-state index contributed by atoms with van der Waals surface area (Å²) >= 11 is 0. The summed E-state index contributed by atoms with van der Waals surface area (Å²) in [5.41, 5.74) is 2.55. The summed E-state index contributed by atoms with van der Waals surface area (Å²) in [6.45, 7) is 10.1. The molecule has 1 aliphatic heterocycles. The highest BCUT2D eigenvalue weighted by molar-refractivity contribution is 5.85. The van der Waals surface area contributed by atoms with Gasteiger partial charge in [0.1, 0.15) is 23.2 Å². The Kier molecular flexibility index (Phi) is 6.73. The lowest BCUT2D eigenvalue weighted by atomic mass is 9.93. The van der Waals surface area contributed by atoms with Gasteiger partial charge in [-0.3, -0.25) is 4.79 Å². The molecule has 4 rings (SSSR count). The molecule has 8 nitrogen and oxygen atoms in total. The van der Waals surface area contributed by atoms with Crippen molar-refractivity contribution in [3.05, 3.63) is 42.4 Å². The lowest BCUT2D eigenvalue weighted by Gasteiger charge is -2.39. The highest BCUT2D eigenvalue weighted by atomic mass is 16.6. The van der Waals surface area contributed by atoms with Gasteiger partial charge in [0.2, 0.25) is 0 Å². The summed E-state index contributed by atoms with van der Waals surface area (Å²) in [6.07, 6.45) is 7.14. The molecule has 0 unspecified atom stereocenters. The van der Waals surface area contributed by atoms with E-state index in [1.165, 1.54) is 0 Å². The maximum atomic E-state index is 12.2. The van der Waals surface area contributed by atoms with Crippen LogP contribution in [-0.2, 0) is 9.53 Å². The summed E-state index contributed by atoms with van der Waals surface area (Å²) in [5, 5.41) is 13.8. The maximum absolute atomic E-state index is 12.2. The molecule has 0 atom stereocenters. The Morgan fingerprint density at radius 1 is 1.26 bits per heavy atom. The van der Waals surface area contributed by atoms with Crippen LogP contribution in [0.1, 0.15) is 52.5 Å². The number of anilines is 1. The van der Waals surface area contributed by atoms with Crippen molar-refractivity contribution in [2.24, 2.45) is 5.92 Å². The van der Waals surface area contributed by atoms with Crippen LogP contribution >= 0.6 is 0 Å².